The molecule has 4 nitrogen and oxygen atoms in total. The fraction of sp³-hybridized carbons (Fsp3) is 0.188. The van der Waals surface area contributed by atoms with Crippen molar-refractivity contribution in [3.63, 3.8) is 0 Å². The van der Waals surface area contributed by atoms with Crippen molar-refractivity contribution in [2.45, 2.75) is 20.8 Å². The van der Waals surface area contributed by atoms with Gasteiger partial charge in [-0.15, -0.1) is 0 Å². The average Bonchev–Trinajstić information content (AvgIpc) is 2.39. The van der Waals surface area contributed by atoms with Gasteiger partial charge in [-0.05, 0) is 31.9 Å². The molecule has 0 aliphatic heterocycles. The summed E-state index contributed by atoms with van der Waals surface area (Å²) in [4.78, 5) is 28.7. The molecule has 6 heteroatoms. The van der Waals surface area contributed by atoms with Gasteiger partial charge in [0.1, 0.15) is 0 Å². The van der Waals surface area contributed by atoms with Crippen LogP contribution >= 0.6 is 8.60 Å². The Bertz CT molecular complexity index is 538. The summed E-state index contributed by atoms with van der Waals surface area (Å²) in [6, 6.07) is 16.2. The molecule has 0 aromatic heterocycles. The van der Waals surface area contributed by atoms with E-state index in [9.17, 15) is 4.79 Å². The Morgan fingerprint density at radius 2 is 1.55 bits per heavy atom. The first-order chi connectivity index (χ1) is 9.91. The molecule has 112 valence electrons. The molecule has 22 heavy (non-hydrogen) atoms. The van der Waals surface area contributed by atoms with E-state index in [1.807, 2.05) is 49.4 Å². The third-order valence-electron chi connectivity index (χ3n) is 2.65. The molecule has 0 radical (unpaired) electrons. The summed E-state index contributed by atoms with van der Waals surface area (Å²) >= 11 is 0. The summed E-state index contributed by atoms with van der Waals surface area (Å²) in [6.45, 7) is 5.50. The number of rotatable bonds is 2. The van der Waals surface area contributed by atoms with E-state index in [2.05, 4.69) is 10.6 Å². The summed E-state index contributed by atoms with van der Waals surface area (Å²) in [5, 5.41) is 0. The van der Waals surface area contributed by atoms with Gasteiger partial charge in [-0.3, -0.25) is 0 Å². The third kappa shape index (κ3) is 7.22. The molecule has 0 fully saturated rings. The maximum absolute atomic E-state index is 11.5. The average molecular weight is 312 g/mol. The molecular weight excluding hydrogens is 294 g/mol. The van der Waals surface area contributed by atoms with Gasteiger partial charge in [-0.2, -0.15) is 36.4 Å². The smallest absolute Gasteiger partial charge is 0.391 e. The van der Waals surface area contributed by atoms with Gasteiger partial charge in [0, 0.05) is 0 Å². The van der Waals surface area contributed by atoms with E-state index in [1.165, 1.54) is 0 Å². The first kappa shape index (κ1) is 20.9. The largest absolute Gasteiger partial charge is 1.00 e. The van der Waals surface area contributed by atoms with Crippen molar-refractivity contribution in [1.29, 1.82) is 0 Å². The second-order valence-electron chi connectivity index (χ2n) is 4.48. The summed E-state index contributed by atoms with van der Waals surface area (Å²) in [5.74, 6) is -0.693. The summed E-state index contributed by atoms with van der Waals surface area (Å²) in [7, 11) is -2.65. The Kier molecular flexibility index (Phi) is 10.0. The first-order valence-electron chi connectivity index (χ1n) is 6.31. The van der Waals surface area contributed by atoms with E-state index >= 15 is 0 Å². The Hall–Kier alpha value is -1.14. The molecular formula is C16H18LiO4P. The van der Waals surface area contributed by atoms with Crippen LogP contribution in [0.2, 0.25) is 0 Å². The van der Waals surface area contributed by atoms with Crippen molar-refractivity contribution in [3.8, 4) is 0 Å². The Morgan fingerprint density at radius 1 is 1.05 bits per heavy atom. The standard InChI is InChI=1S/C10H13O4P.C6H5.Li/c1-6-4-7(2)9(8(3)5-6)10(11)14-15(12)13;1-2-4-6-5-3-1;/h4-5,12-13H,1-3H3;1-5H;/q;-1;+1. The zero-order valence-corrected chi connectivity index (χ0v) is 14.1. The molecule has 2 aromatic rings. The van der Waals surface area contributed by atoms with E-state index in [0.29, 0.717) is 5.56 Å². The Labute approximate surface area is 144 Å². The number of hydrogen-bond donors (Lipinski definition) is 2. The van der Waals surface area contributed by atoms with Crippen LogP contribution in [0.15, 0.2) is 42.5 Å². The maximum atomic E-state index is 11.5. The molecule has 0 heterocycles. The fourth-order valence-electron chi connectivity index (χ4n) is 1.96. The quantitative estimate of drug-likeness (QED) is 0.481. The van der Waals surface area contributed by atoms with E-state index in [-0.39, 0.29) is 18.9 Å². The van der Waals surface area contributed by atoms with Crippen LogP contribution in [0.1, 0.15) is 27.0 Å². The molecule has 0 amide bonds. The molecule has 0 unspecified atom stereocenters. The number of aryl methyl sites for hydroxylation is 3. The van der Waals surface area contributed by atoms with E-state index in [0.717, 1.165) is 16.7 Å². The van der Waals surface area contributed by atoms with Crippen LogP contribution < -0.4 is 18.9 Å². The van der Waals surface area contributed by atoms with Crippen molar-refractivity contribution in [2.24, 2.45) is 0 Å². The predicted octanol–water partition coefficient (Wildman–Crippen LogP) is 0.471. The molecule has 0 saturated heterocycles. The molecule has 0 aliphatic rings. The van der Waals surface area contributed by atoms with Crippen LogP contribution in [0.4, 0.5) is 0 Å². The molecule has 2 aromatic carbocycles. The van der Waals surface area contributed by atoms with E-state index in [4.69, 9.17) is 9.79 Å². The second kappa shape index (κ2) is 10.6. The molecule has 2 rings (SSSR count). The zero-order chi connectivity index (χ0) is 15.8. The van der Waals surface area contributed by atoms with E-state index in [1.54, 1.807) is 13.8 Å². The Balaban J connectivity index is 0.000000529. The first-order valence-corrected chi connectivity index (χ1v) is 7.47. The minimum absolute atomic E-state index is 0. The minimum atomic E-state index is -2.65. The van der Waals surface area contributed by atoms with Crippen LogP contribution in [-0.2, 0) is 4.52 Å². The summed E-state index contributed by atoms with van der Waals surface area (Å²) in [5.41, 5.74) is 3.00. The molecule has 0 bridgehead atoms. The monoisotopic (exact) mass is 312 g/mol. The van der Waals surface area contributed by atoms with Crippen LogP contribution in [0, 0.1) is 26.8 Å². The molecule has 0 atom stereocenters. The predicted molar refractivity (Wildman–Crippen MR) is 82.7 cm³/mol. The number of carbonyl (C=O) groups excluding carboxylic acids is 1. The molecule has 0 spiro atoms. The van der Waals surface area contributed by atoms with Crippen LogP contribution in [-0.4, -0.2) is 15.8 Å². The topological polar surface area (TPSA) is 66.8 Å². The molecule has 0 saturated carbocycles. The van der Waals surface area contributed by atoms with Gasteiger partial charge in [-0.1, -0.05) is 17.7 Å². The molecule has 2 N–H and O–H groups in total. The SMILES string of the molecule is Cc1cc(C)c(C(=O)OP(O)O)c(C)c1.[Li+].[c-]1ccccc1. The van der Waals surface area contributed by atoms with Gasteiger partial charge in [0.2, 0.25) is 0 Å². The summed E-state index contributed by atoms with van der Waals surface area (Å²) in [6.07, 6.45) is 0. The van der Waals surface area contributed by atoms with Crippen molar-refractivity contribution in [2.75, 3.05) is 0 Å². The van der Waals surface area contributed by atoms with Gasteiger partial charge < -0.3 is 14.3 Å². The van der Waals surface area contributed by atoms with Gasteiger partial charge >= 0.3 is 33.4 Å². The van der Waals surface area contributed by atoms with Crippen LogP contribution in [0.3, 0.4) is 0 Å². The zero-order valence-electron chi connectivity index (χ0n) is 13.2. The van der Waals surface area contributed by atoms with Crippen LogP contribution in [0.5, 0.6) is 0 Å². The number of benzene rings is 2. The fourth-order valence-corrected chi connectivity index (χ4v) is 2.20. The minimum Gasteiger partial charge on any atom is -0.391 e. The van der Waals surface area contributed by atoms with Gasteiger partial charge in [0.15, 0.2) is 0 Å². The third-order valence-corrected chi connectivity index (χ3v) is 2.98. The van der Waals surface area contributed by atoms with Crippen molar-refractivity contribution >= 4 is 14.6 Å². The molecule has 0 aliphatic carbocycles. The number of hydrogen-bond acceptors (Lipinski definition) is 4. The number of carbonyl (C=O) groups is 1. The van der Waals surface area contributed by atoms with Gasteiger partial charge in [-0.25, -0.2) is 4.79 Å². The Morgan fingerprint density at radius 3 is 1.86 bits per heavy atom. The van der Waals surface area contributed by atoms with Crippen molar-refractivity contribution in [3.05, 3.63) is 70.8 Å². The van der Waals surface area contributed by atoms with Gasteiger partial charge in [0.05, 0.1) is 5.56 Å². The van der Waals surface area contributed by atoms with E-state index < -0.39 is 14.6 Å². The second-order valence-corrected chi connectivity index (χ2v) is 5.17. The van der Waals surface area contributed by atoms with Crippen molar-refractivity contribution in [1.82, 2.24) is 0 Å². The maximum Gasteiger partial charge on any atom is 1.00 e. The summed E-state index contributed by atoms with van der Waals surface area (Å²) < 4.78 is 4.37. The van der Waals surface area contributed by atoms with Gasteiger partial charge in [0.25, 0.3) is 0 Å². The normalized spacial score (nSPS) is 9.36. The van der Waals surface area contributed by atoms with Crippen molar-refractivity contribution < 1.29 is 38.0 Å². The van der Waals surface area contributed by atoms with Crippen LogP contribution in [0.25, 0.3) is 0 Å².